The van der Waals surface area contributed by atoms with Crippen molar-refractivity contribution in [2.75, 3.05) is 30.7 Å². The summed E-state index contributed by atoms with van der Waals surface area (Å²) in [6, 6.07) is 7.58. The molecule has 0 aliphatic carbocycles. The van der Waals surface area contributed by atoms with Crippen LogP contribution in [0.3, 0.4) is 0 Å². The lowest BCUT2D eigenvalue weighted by molar-refractivity contribution is 0.180. The van der Waals surface area contributed by atoms with E-state index in [9.17, 15) is 8.42 Å². The molecule has 1 fully saturated rings. The van der Waals surface area contributed by atoms with Crippen LogP contribution in [0.4, 0.5) is 5.69 Å². The van der Waals surface area contributed by atoms with Gasteiger partial charge in [-0.3, -0.25) is 4.90 Å². The smallest absolute Gasteiger partial charge is 0.178 e. The highest BCUT2D eigenvalue weighted by atomic mass is 32.2. The van der Waals surface area contributed by atoms with Gasteiger partial charge in [0.15, 0.2) is 9.84 Å². The minimum Gasteiger partial charge on any atom is -0.383 e. The number of hydrogen-bond donors (Lipinski definition) is 1. The first-order chi connectivity index (χ1) is 10.0. The SMILES string of the molecule is CCS(=O)(=O)c1ccc(NCC(C)N2CCCCC2)cc1. The highest BCUT2D eigenvalue weighted by molar-refractivity contribution is 7.91. The first-order valence-electron chi connectivity index (χ1n) is 7.83. The van der Waals surface area contributed by atoms with Crippen LogP contribution in [0.15, 0.2) is 29.2 Å². The van der Waals surface area contributed by atoms with Crippen molar-refractivity contribution < 1.29 is 8.42 Å². The highest BCUT2D eigenvalue weighted by Gasteiger charge is 2.16. The molecule has 1 aliphatic rings. The Bertz CT molecular complexity index is 534. The van der Waals surface area contributed by atoms with Gasteiger partial charge in [-0.15, -0.1) is 0 Å². The summed E-state index contributed by atoms with van der Waals surface area (Å²) in [6.45, 7) is 7.18. The van der Waals surface area contributed by atoms with E-state index in [2.05, 4.69) is 17.1 Å². The summed E-state index contributed by atoms with van der Waals surface area (Å²) < 4.78 is 23.5. The Balaban J connectivity index is 1.88. The zero-order chi connectivity index (χ0) is 15.3. The third-order valence-electron chi connectivity index (χ3n) is 4.21. The Morgan fingerprint density at radius 3 is 2.33 bits per heavy atom. The van der Waals surface area contributed by atoms with E-state index in [1.165, 1.54) is 32.4 Å². The first-order valence-corrected chi connectivity index (χ1v) is 9.49. The highest BCUT2D eigenvalue weighted by Crippen LogP contribution is 2.16. The van der Waals surface area contributed by atoms with E-state index in [-0.39, 0.29) is 5.75 Å². The summed E-state index contributed by atoms with van der Waals surface area (Å²) in [4.78, 5) is 2.92. The lowest BCUT2D eigenvalue weighted by Gasteiger charge is -2.32. The first kappa shape index (κ1) is 16.3. The Labute approximate surface area is 128 Å². The molecular weight excluding hydrogens is 284 g/mol. The second kappa shape index (κ2) is 7.27. The van der Waals surface area contributed by atoms with Crippen molar-refractivity contribution in [3.05, 3.63) is 24.3 Å². The summed E-state index contributed by atoms with van der Waals surface area (Å²) in [5.41, 5.74) is 0.980. The molecule has 4 nitrogen and oxygen atoms in total. The number of likely N-dealkylation sites (tertiary alicyclic amines) is 1. The maximum Gasteiger partial charge on any atom is 0.178 e. The van der Waals surface area contributed by atoms with Crippen LogP contribution < -0.4 is 5.32 Å². The topological polar surface area (TPSA) is 49.4 Å². The van der Waals surface area contributed by atoms with Crippen molar-refractivity contribution in [2.24, 2.45) is 0 Å². The van der Waals surface area contributed by atoms with Gasteiger partial charge in [0.05, 0.1) is 10.6 Å². The molecule has 0 saturated carbocycles. The Morgan fingerprint density at radius 2 is 1.76 bits per heavy atom. The van der Waals surface area contributed by atoms with Gasteiger partial charge in [0.25, 0.3) is 0 Å². The number of nitrogens with zero attached hydrogens (tertiary/aromatic N) is 1. The van der Waals surface area contributed by atoms with Gasteiger partial charge in [-0.2, -0.15) is 0 Å². The van der Waals surface area contributed by atoms with Gasteiger partial charge < -0.3 is 5.32 Å². The molecule has 5 heteroatoms. The van der Waals surface area contributed by atoms with Gasteiger partial charge in [0.1, 0.15) is 0 Å². The van der Waals surface area contributed by atoms with E-state index in [1.807, 2.05) is 12.1 Å². The fraction of sp³-hybridized carbons (Fsp3) is 0.625. The van der Waals surface area contributed by atoms with Crippen LogP contribution >= 0.6 is 0 Å². The zero-order valence-electron chi connectivity index (χ0n) is 13.0. The summed E-state index contributed by atoms with van der Waals surface area (Å²) in [5.74, 6) is 0.145. The molecule has 1 saturated heterocycles. The van der Waals surface area contributed by atoms with E-state index in [4.69, 9.17) is 0 Å². The van der Waals surface area contributed by atoms with Crippen LogP contribution in [-0.4, -0.2) is 44.7 Å². The summed E-state index contributed by atoms with van der Waals surface area (Å²) in [5, 5.41) is 3.40. The molecule has 21 heavy (non-hydrogen) atoms. The molecule has 2 rings (SSSR count). The Morgan fingerprint density at radius 1 is 1.14 bits per heavy atom. The van der Waals surface area contributed by atoms with Crippen molar-refractivity contribution in [2.45, 2.75) is 44.0 Å². The molecular formula is C16H26N2O2S. The van der Waals surface area contributed by atoms with Crippen LogP contribution in [0.2, 0.25) is 0 Å². The van der Waals surface area contributed by atoms with Gasteiger partial charge in [0, 0.05) is 18.3 Å². The maximum absolute atomic E-state index is 11.8. The van der Waals surface area contributed by atoms with Gasteiger partial charge in [0.2, 0.25) is 0 Å². The summed E-state index contributed by atoms with van der Waals surface area (Å²) in [6.07, 6.45) is 3.95. The number of sulfone groups is 1. The largest absolute Gasteiger partial charge is 0.383 e. The predicted molar refractivity (Wildman–Crippen MR) is 87.5 cm³/mol. The molecule has 1 atom stereocenters. The molecule has 118 valence electrons. The minimum atomic E-state index is -3.10. The Kier molecular flexibility index (Phi) is 5.65. The van der Waals surface area contributed by atoms with Crippen molar-refractivity contribution in [1.82, 2.24) is 4.90 Å². The second-order valence-corrected chi connectivity index (χ2v) is 8.03. The average Bonchev–Trinajstić information content (AvgIpc) is 2.54. The molecule has 1 aromatic rings. The summed E-state index contributed by atoms with van der Waals surface area (Å²) >= 11 is 0. The van der Waals surface area contributed by atoms with Gasteiger partial charge in [-0.05, 0) is 57.1 Å². The zero-order valence-corrected chi connectivity index (χ0v) is 13.8. The van der Waals surface area contributed by atoms with Crippen molar-refractivity contribution in [1.29, 1.82) is 0 Å². The van der Waals surface area contributed by atoms with Gasteiger partial charge in [-0.1, -0.05) is 13.3 Å². The minimum absolute atomic E-state index is 0.145. The van der Waals surface area contributed by atoms with Crippen molar-refractivity contribution >= 4 is 15.5 Å². The van der Waals surface area contributed by atoms with E-state index >= 15 is 0 Å². The average molecular weight is 310 g/mol. The van der Waals surface area contributed by atoms with Gasteiger partial charge in [-0.25, -0.2) is 8.42 Å². The van der Waals surface area contributed by atoms with E-state index < -0.39 is 9.84 Å². The quantitative estimate of drug-likeness (QED) is 0.878. The second-order valence-electron chi connectivity index (χ2n) is 5.75. The lowest BCUT2D eigenvalue weighted by Crippen LogP contribution is -2.41. The van der Waals surface area contributed by atoms with Crippen molar-refractivity contribution in [3.8, 4) is 0 Å². The molecule has 0 spiro atoms. The normalized spacial score (nSPS) is 18.4. The number of nitrogens with one attached hydrogen (secondary N) is 1. The van der Waals surface area contributed by atoms with Crippen LogP contribution in [0, 0.1) is 0 Å². The number of piperidine rings is 1. The fourth-order valence-corrected chi connectivity index (χ4v) is 3.58. The van der Waals surface area contributed by atoms with Crippen LogP contribution in [0.1, 0.15) is 33.1 Å². The standard InChI is InChI=1S/C16H26N2O2S/c1-3-21(19,20)16-9-7-15(8-10-16)17-13-14(2)18-11-5-4-6-12-18/h7-10,14,17H,3-6,11-13H2,1-2H3. The molecule has 1 N–H and O–H groups in total. The molecule has 1 heterocycles. The molecule has 0 bridgehead atoms. The third-order valence-corrected chi connectivity index (χ3v) is 5.96. The van der Waals surface area contributed by atoms with E-state index in [0.29, 0.717) is 10.9 Å². The maximum atomic E-state index is 11.8. The Hall–Kier alpha value is -1.07. The van der Waals surface area contributed by atoms with Crippen LogP contribution in [-0.2, 0) is 9.84 Å². The van der Waals surface area contributed by atoms with Gasteiger partial charge >= 0.3 is 0 Å². The van der Waals surface area contributed by atoms with E-state index in [1.54, 1.807) is 19.1 Å². The molecule has 0 radical (unpaired) electrons. The lowest BCUT2D eigenvalue weighted by atomic mass is 10.1. The molecule has 1 unspecified atom stereocenters. The molecule has 1 aliphatic heterocycles. The van der Waals surface area contributed by atoms with Crippen LogP contribution in [0.5, 0.6) is 0 Å². The fourth-order valence-electron chi connectivity index (χ4n) is 2.70. The number of anilines is 1. The number of rotatable bonds is 6. The third kappa shape index (κ3) is 4.45. The van der Waals surface area contributed by atoms with E-state index in [0.717, 1.165) is 12.2 Å². The molecule has 0 aromatic heterocycles. The predicted octanol–water partition coefficient (Wildman–Crippen LogP) is 2.77. The molecule has 0 amide bonds. The van der Waals surface area contributed by atoms with Crippen LogP contribution in [0.25, 0.3) is 0 Å². The van der Waals surface area contributed by atoms with Crippen molar-refractivity contribution in [3.63, 3.8) is 0 Å². The number of benzene rings is 1. The summed E-state index contributed by atoms with van der Waals surface area (Å²) in [7, 11) is -3.10. The monoisotopic (exact) mass is 310 g/mol. The molecule has 1 aromatic carbocycles. The number of hydrogen-bond acceptors (Lipinski definition) is 4.